The first-order valence-electron chi connectivity index (χ1n) is 6.24. The van der Waals surface area contributed by atoms with Crippen LogP contribution in [0.4, 0.5) is 5.82 Å². The summed E-state index contributed by atoms with van der Waals surface area (Å²) in [5.41, 5.74) is 3.57. The molecule has 0 spiro atoms. The molecule has 0 aliphatic heterocycles. The minimum absolute atomic E-state index is 0.452. The normalized spacial score (nSPS) is 12.2. The van der Waals surface area contributed by atoms with Crippen LogP contribution in [-0.4, -0.2) is 16.5 Å². The number of hydrogen-bond donors (Lipinski definition) is 1. The van der Waals surface area contributed by atoms with Crippen molar-refractivity contribution in [1.29, 1.82) is 0 Å². The van der Waals surface area contributed by atoms with Gasteiger partial charge in [0.05, 0.1) is 11.9 Å². The maximum Gasteiger partial charge on any atom is 0.144 e. The maximum atomic E-state index is 4.38. The van der Waals surface area contributed by atoms with E-state index >= 15 is 0 Å². The van der Waals surface area contributed by atoms with E-state index in [4.69, 9.17) is 0 Å². The molecule has 1 aromatic carbocycles. The number of aryl methyl sites for hydroxylation is 2. The molecule has 1 unspecified atom stereocenters. The van der Waals surface area contributed by atoms with Crippen molar-refractivity contribution in [2.75, 3.05) is 11.9 Å². The van der Waals surface area contributed by atoms with Crippen molar-refractivity contribution in [2.45, 2.75) is 26.7 Å². The fourth-order valence-corrected chi connectivity index (χ4v) is 1.82. The van der Waals surface area contributed by atoms with E-state index in [2.05, 4.69) is 53.4 Å². The third kappa shape index (κ3) is 3.29. The molecule has 3 heteroatoms. The lowest BCUT2D eigenvalue weighted by molar-refractivity contribution is 0.799. The van der Waals surface area contributed by atoms with E-state index in [0.29, 0.717) is 5.92 Å². The van der Waals surface area contributed by atoms with Crippen molar-refractivity contribution in [3.05, 3.63) is 53.5 Å². The highest BCUT2D eigenvalue weighted by Gasteiger charge is 2.05. The summed E-state index contributed by atoms with van der Waals surface area (Å²) in [6.07, 6.45) is 3.52. The molecule has 2 rings (SSSR count). The number of benzene rings is 1. The summed E-state index contributed by atoms with van der Waals surface area (Å²) in [4.78, 5) is 8.50. The van der Waals surface area contributed by atoms with Gasteiger partial charge < -0.3 is 5.32 Å². The summed E-state index contributed by atoms with van der Waals surface area (Å²) in [5.74, 6) is 1.29. The monoisotopic (exact) mass is 241 g/mol. The predicted molar refractivity (Wildman–Crippen MR) is 74.9 cm³/mol. The summed E-state index contributed by atoms with van der Waals surface area (Å²) >= 11 is 0. The zero-order valence-electron chi connectivity index (χ0n) is 11.1. The first-order chi connectivity index (χ1) is 8.65. The zero-order valence-corrected chi connectivity index (χ0v) is 11.1. The zero-order chi connectivity index (χ0) is 13.0. The smallest absolute Gasteiger partial charge is 0.144 e. The Balaban J connectivity index is 1.96. The predicted octanol–water partition coefficient (Wildman–Crippen LogP) is 3.31. The molecular formula is C15H19N3. The molecule has 1 atom stereocenters. The molecule has 1 heterocycles. The van der Waals surface area contributed by atoms with E-state index in [1.807, 2.05) is 6.92 Å². The molecule has 0 amide bonds. The number of nitrogens with one attached hydrogen (secondary N) is 1. The van der Waals surface area contributed by atoms with Crippen LogP contribution in [0.3, 0.4) is 0 Å². The Kier molecular flexibility index (Phi) is 3.92. The minimum Gasteiger partial charge on any atom is -0.368 e. The highest BCUT2D eigenvalue weighted by Crippen LogP contribution is 2.16. The molecule has 0 bridgehead atoms. The summed E-state index contributed by atoms with van der Waals surface area (Å²) in [6, 6.07) is 8.67. The van der Waals surface area contributed by atoms with Crippen molar-refractivity contribution in [1.82, 2.24) is 9.97 Å². The van der Waals surface area contributed by atoms with Crippen molar-refractivity contribution in [3.8, 4) is 0 Å². The van der Waals surface area contributed by atoms with Crippen LogP contribution in [0.2, 0.25) is 0 Å². The Labute approximate surface area is 108 Å². The topological polar surface area (TPSA) is 37.8 Å². The van der Waals surface area contributed by atoms with Crippen LogP contribution in [0.1, 0.15) is 29.7 Å². The molecular weight excluding hydrogens is 222 g/mol. The highest BCUT2D eigenvalue weighted by molar-refractivity contribution is 5.33. The second-order valence-electron chi connectivity index (χ2n) is 4.74. The Morgan fingerprint density at radius 3 is 2.50 bits per heavy atom. The first-order valence-corrected chi connectivity index (χ1v) is 6.24. The van der Waals surface area contributed by atoms with Gasteiger partial charge in [0.25, 0.3) is 0 Å². The lowest BCUT2D eigenvalue weighted by Crippen LogP contribution is -2.11. The molecule has 0 saturated heterocycles. The van der Waals surface area contributed by atoms with Gasteiger partial charge >= 0.3 is 0 Å². The summed E-state index contributed by atoms with van der Waals surface area (Å²) in [7, 11) is 0. The van der Waals surface area contributed by atoms with Gasteiger partial charge in [0.1, 0.15) is 5.82 Å². The van der Waals surface area contributed by atoms with Crippen LogP contribution >= 0.6 is 0 Å². The van der Waals surface area contributed by atoms with Gasteiger partial charge in [0.2, 0.25) is 0 Å². The second kappa shape index (κ2) is 5.63. The van der Waals surface area contributed by atoms with Gasteiger partial charge in [0, 0.05) is 12.7 Å². The third-order valence-corrected chi connectivity index (χ3v) is 2.99. The largest absolute Gasteiger partial charge is 0.368 e. The molecule has 1 aromatic heterocycles. The lowest BCUT2D eigenvalue weighted by Gasteiger charge is -2.13. The van der Waals surface area contributed by atoms with Gasteiger partial charge in [-0.25, -0.2) is 4.98 Å². The fourth-order valence-electron chi connectivity index (χ4n) is 1.82. The number of anilines is 1. The van der Waals surface area contributed by atoms with Gasteiger partial charge in [0.15, 0.2) is 0 Å². The molecule has 0 aliphatic rings. The maximum absolute atomic E-state index is 4.38. The van der Waals surface area contributed by atoms with E-state index < -0.39 is 0 Å². The Hall–Kier alpha value is -1.90. The SMILES string of the molecule is Cc1ccc(C(C)CNc2cncc(C)n2)cc1. The number of rotatable bonds is 4. The molecule has 94 valence electrons. The van der Waals surface area contributed by atoms with Crippen LogP contribution in [0.15, 0.2) is 36.7 Å². The summed E-state index contributed by atoms with van der Waals surface area (Å²) < 4.78 is 0. The summed E-state index contributed by atoms with van der Waals surface area (Å²) in [5, 5.41) is 3.32. The molecule has 0 saturated carbocycles. The quantitative estimate of drug-likeness (QED) is 0.892. The van der Waals surface area contributed by atoms with Gasteiger partial charge in [-0.15, -0.1) is 0 Å². The van der Waals surface area contributed by atoms with Crippen LogP contribution in [0.25, 0.3) is 0 Å². The molecule has 3 nitrogen and oxygen atoms in total. The fraction of sp³-hybridized carbons (Fsp3) is 0.333. The van der Waals surface area contributed by atoms with Crippen LogP contribution < -0.4 is 5.32 Å². The average molecular weight is 241 g/mol. The van der Waals surface area contributed by atoms with Crippen molar-refractivity contribution in [2.24, 2.45) is 0 Å². The van der Waals surface area contributed by atoms with E-state index in [1.165, 1.54) is 11.1 Å². The van der Waals surface area contributed by atoms with E-state index in [0.717, 1.165) is 18.1 Å². The van der Waals surface area contributed by atoms with Crippen molar-refractivity contribution < 1.29 is 0 Å². The van der Waals surface area contributed by atoms with Crippen molar-refractivity contribution >= 4 is 5.82 Å². The Morgan fingerprint density at radius 1 is 1.11 bits per heavy atom. The lowest BCUT2D eigenvalue weighted by atomic mass is 10.0. The minimum atomic E-state index is 0.452. The van der Waals surface area contributed by atoms with Gasteiger partial charge in [-0.1, -0.05) is 36.8 Å². The second-order valence-corrected chi connectivity index (χ2v) is 4.74. The Bertz CT molecular complexity index is 505. The number of hydrogen-bond acceptors (Lipinski definition) is 3. The number of aromatic nitrogens is 2. The van der Waals surface area contributed by atoms with E-state index in [9.17, 15) is 0 Å². The van der Waals surface area contributed by atoms with Gasteiger partial charge in [-0.2, -0.15) is 0 Å². The third-order valence-electron chi connectivity index (χ3n) is 2.99. The molecule has 0 aliphatic carbocycles. The molecule has 0 fully saturated rings. The van der Waals surface area contributed by atoms with E-state index in [-0.39, 0.29) is 0 Å². The molecule has 18 heavy (non-hydrogen) atoms. The van der Waals surface area contributed by atoms with Crippen LogP contribution in [0.5, 0.6) is 0 Å². The van der Waals surface area contributed by atoms with Gasteiger partial charge in [-0.05, 0) is 25.3 Å². The molecule has 0 radical (unpaired) electrons. The summed E-state index contributed by atoms with van der Waals surface area (Å²) in [6.45, 7) is 7.12. The van der Waals surface area contributed by atoms with Gasteiger partial charge in [-0.3, -0.25) is 4.98 Å². The Morgan fingerprint density at radius 2 is 1.83 bits per heavy atom. The molecule has 2 aromatic rings. The standard InChI is InChI=1S/C15H19N3/c1-11-4-6-14(7-5-11)12(2)8-17-15-10-16-9-13(3)18-15/h4-7,9-10,12H,8H2,1-3H3,(H,17,18). The van der Waals surface area contributed by atoms with E-state index in [1.54, 1.807) is 12.4 Å². The molecule has 1 N–H and O–H groups in total. The van der Waals surface area contributed by atoms with Crippen LogP contribution in [0, 0.1) is 13.8 Å². The average Bonchev–Trinajstić information content (AvgIpc) is 2.37. The first kappa shape index (κ1) is 12.6. The highest BCUT2D eigenvalue weighted by atomic mass is 15.0. The van der Waals surface area contributed by atoms with Crippen LogP contribution in [-0.2, 0) is 0 Å². The number of nitrogens with zero attached hydrogens (tertiary/aromatic N) is 2. The van der Waals surface area contributed by atoms with Crippen molar-refractivity contribution in [3.63, 3.8) is 0 Å².